The summed E-state index contributed by atoms with van der Waals surface area (Å²) >= 11 is 15.0. The monoisotopic (exact) mass is 362 g/mol. The van der Waals surface area contributed by atoms with Crippen molar-refractivity contribution in [3.63, 3.8) is 0 Å². The highest BCUT2D eigenvalue weighted by molar-refractivity contribution is 9.10. The number of halogens is 2. The van der Waals surface area contributed by atoms with Crippen molar-refractivity contribution in [3.8, 4) is 0 Å². The van der Waals surface area contributed by atoms with Gasteiger partial charge in [0, 0.05) is 17.6 Å². The van der Waals surface area contributed by atoms with Crippen LogP contribution in [0.2, 0.25) is 5.02 Å². The second-order valence-electron chi connectivity index (χ2n) is 4.72. The highest BCUT2D eigenvalue weighted by atomic mass is 79.9. The molecule has 1 aromatic carbocycles. The van der Waals surface area contributed by atoms with E-state index < -0.39 is 0 Å². The minimum atomic E-state index is 0.184. The van der Waals surface area contributed by atoms with Gasteiger partial charge in [-0.05, 0) is 44.3 Å². The molecule has 0 aromatic heterocycles. The molecular formula is C13H16BrClN2OS. The van der Waals surface area contributed by atoms with Crippen molar-refractivity contribution in [3.05, 3.63) is 27.7 Å². The summed E-state index contributed by atoms with van der Waals surface area (Å²) in [6.45, 7) is 5.70. The van der Waals surface area contributed by atoms with Crippen LogP contribution in [0.25, 0.3) is 0 Å². The van der Waals surface area contributed by atoms with Crippen molar-refractivity contribution in [1.29, 1.82) is 0 Å². The Balaban J connectivity index is 2.04. The summed E-state index contributed by atoms with van der Waals surface area (Å²) < 4.78 is 6.64. The number of hydrogen-bond acceptors (Lipinski definition) is 2. The van der Waals surface area contributed by atoms with Crippen molar-refractivity contribution in [2.45, 2.75) is 26.1 Å². The van der Waals surface area contributed by atoms with Gasteiger partial charge < -0.3 is 15.0 Å². The van der Waals surface area contributed by atoms with Gasteiger partial charge in [-0.25, -0.2) is 0 Å². The number of benzene rings is 1. The van der Waals surface area contributed by atoms with E-state index >= 15 is 0 Å². The van der Waals surface area contributed by atoms with E-state index in [9.17, 15) is 0 Å². The molecule has 0 aliphatic carbocycles. The summed E-state index contributed by atoms with van der Waals surface area (Å²) in [6, 6.07) is 5.68. The molecule has 1 heterocycles. The maximum atomic E-state index is 6.17. The smallest absolute Gasteiger partial charge is 0.173 e. The van der Waals surface area contributed by atoms with E-state index in [1.54, 1.807) is 0 Å². The molecule has 0 unspecified atom stereocenters. The van der Waals surface area contributed by atoms with Crippen LogP contribution < -0.4 is 5.32 Å². The van der Waals surface area contributed by atoms with E-state index in [4.69, 9.17) is 28.6 Å². The van der Waals surface area contributed by atoms with E-state index in [1.807, 2.05) is 18.2 Å². The fourth-order valence-electron chi connectivity index (χ4n) is 2.13. The molecule has 0 amide bonds. The first-order chi connectivity index (χ1) is 8.95. The molecule has 104 valence electrons. The lowest BCUT2D eigenvalue weighted by Gasteiger charge is -2.37. The third-order valence-electron chi connectivity index (χ3n) is 2.88. The Morgan fingerprint density at radius 3 is 2.63 bits per heavy atom. The van der Waals surface area contributed by atoms with Gasteiger partial charge >= 0.3 is 0 Å². The summed E-state index contributed by atoms with van der Waals surface area (Å²) in [6.07, 6.45) is 0.368. The summed E-state index contributed by atoms with van der Waals surface area (Å²) in [5.41, 5.74) is 0.821. The van der Waals surface area contributed by atoms with Crippen LogP contribution in [0.3, 0.4) is 0 Å². The summed E-state index contributed by atoms with van der Waals surface area (Å²) in [5, 5.41) is 4.53. The van der Waals surface area contributed by atoms with Crippen LogP contribution in [-0.4, -0.2) is 35.3 Å². The Kier molecular flexibility index (Phi) is 5.06. The quantitative estimate of drug-likeness (QED) is 0.765. The largest absolute Gasteiger partial charge is 0.372 e. The Bertz CT molecular complexity index is 476. The van der Waals surface area contributed by atoms with Crippen molar-refractivity contribution < 1.29 is 4.74 Å². The molecule has 1 saturated heterocycles. The molecule has 0 saturated carbocycles. The minimum absolute atomic E-state index is 0.184. The molecule has 0 spiro atoms. The molecule has 6 heteroatoms. The zero-order valence-electron chi connectivity index (χ0n) is 10.8. The number of nitrogens with one attached hydrogen (secondary N) is 1. The van der Waals surface area contributed by atoms with Crippen molar-refractivity contribution in [2.24, 2.45) is 0 Å². The number of anilines is 1. The van der Waals surface area contributed by atoms with E-state index in [0.717, 1.165) is 23.2 Å². The lowest BCUT2D eigenvalue weighted by atomic mass is 10.2. The molecule has 2 atom stereocenters. The second kappa shape index (κ2) is 6.39. The van der Waals surface area contributed by atoms with Crippen LogP contribution in [0.5, 0.6) is 0 Å². The molecule has 0 bridgehead atoms. The van der Waals surface area contributed by atoms with Gasteiger partial charge in [0.15, 0.2) is 5.11 Å². The van der Waals surface area contributed by atoms with Gasteiger partial charge in [-0.15, -0.1) is 0 Å². The molecule has 1 N–H and O–H groups in total. The summed E-state index contributed by atoms with van der Waals surface area (Å²) in [7, 11) is 0. The zero-order valence-corrected chi connectivity index (χ0v) is 14.0. The first kappa shape index (κ1) is 15.0. The average molecular weight is 364 g/mol. The number of morpholine rings is 1. The number of thiocarbonyl (C=S) groups is 1. The zero-order chi connectivity index (χ0) is 14.0. The molecule has 1 aliphatic heterocycles. The molecule has 1 fully saturated rings. The maximum absolute atomic E-state index is 6.17. The van der Waals surface area contributed by atoms with Crippen LogP contribution in [0.1, 0.15) is 13.8 Å². The predicted octanol–water partition coefficient (Wildman–Crippen LogP) is 3.91. The maximum Gasteiger partial charge on any atom is 0.173 e. The minimum Gasteiger partial charge on any atom is -0.372 e. The average Bonchev–Trinajstić information content (AvgIpc) is 2.31. The topological polar surface area (TPSA) is 24.5 Å². The van der Waals surface area contributed by atoms with Crippen molar-refractivity contribution in [1.82, 2.24) is 4.90 Å². The van der Waals surface area contributed by atoms with Crippen LogP contribution in [0.15, 0.2) is 22.7 Å². The van der Waals surface area contributed by atoms with Gasteiger partial charge in [0.2, 0.25) is 0 Å². The van der Waals surface area contributed by atoms with Crippen LogP contribution in [0, 0.1) is 0 Å². The van der Waals surface area contributed by atoms with E-state index in [0.29, 0.717) is 10.1 Å². The normalized spacial score (nSPS) is 23.3. The summed E-state index contributed by atoms with van der Waals surface area (Å²) in [4.78, 5) is 2.12. The number of hydrogen-bond donors (Lipinski definition) is 1. The molecular weight excluding hydrogens is 348 g/mol. The fourth-order valence-corrected chi connectivity index (χ4v) is 3.11. The van der Waals surface area contributed by atoms with E-state index in [2.05, 4.69) is 40.0 Å². The molecule has 0 radical (unpaired) electrons. The Hall–Kier alpha value is -0.360. The highest BCUT2D eigenvalue weighted by Crippen LogP contribution is 2.26. The SMILES string of the molecule is C[C@@H]1CN(C(=S)Nc2ccc(Br)cc2Cl)C[C@@H](C)O1. The van der Waals surface area contributed by atoms with Gasteiger partial charge in [-0.2, -0.15) is 0 Å². The number of rotatable bonds is 1. The van der Waals surface area contributed by atoms with E-state index in [-0.39, 0.29) is 12.2 Å². The third kappa shape index (κ3) is 4.05. The third-order valence-corrected chi connectivity index (χ3v) is 4.05. The van der Waals surface area contributed by atoms with Crippen LogP contribution >= 0.6 is 39.7 Å². The fraction of sp³-hybridized carbons (Fsp3) is 0.462. The predicted molar refractivity (Wildman–Crippen MR) is 87.0 cm³/mol. The highest BCUT2D eigenvalue weighted by Gasteiger charge is 2.24. The first-order valence-electron chi connectivity index (χ1n) is 6.12. The molecule has 3 nitrogen and oxygen atoms in total. The van der Waals surface area contributed by atoms with Crippen LogP contribution in [-0.2, 0) is 4.74 Å². The van der Waals surface area contributed by atoms with Crippen LogP contribution in [0.4, 0.5) is 5.69 Å². The Labute approximate surface area is 132 Å². The number of nitrogens with zero attached hydrogens (tertiary/aromatic N) is 1. The van der Waals surface area contributed by atoms with Gasteiger partial charge in [-0.1, -0.05) is 27.5 Å². The van der Waals surface area contributed by atoms with Crippen molar-refractivity contribution >= 4 is 50.5 Å². The molecule has 2 rings (SSSR count). The second-order valence-corrected chi connectivity index (χ2v) is 6.43. The molecule has 19 heavy (non-hydrogen) atoms. The van der Waals surface area contributed by atoms with E-state index in [1.165, 1.54) is 0 Å². The molecule has 1 aromatic rings. The van der Waals surface area contributed by atoms with Gasteiger partial charge in [-0.3, -0.25) is 0 Å². The van der Waals surface area contributed by atoms with Crippen molar-refractivity contribution in [2.75, 3.05) is 18.4 Å². The lowest BCUT2D eigenvalue weighted by Crippen LogP contribution is -2.49. The Morgan fingerprint density at radius 2 is 2.05 bits per heavy atom. The van der Waals surface area contributed by atoms with Gasteiger partial charge in [0.1, 0.15) is 0 Å². The van der Waals surface area contributed by atoms with Gasteiger partial charge in [0.25, 0.3) is 0 Å². The first-order valence-corrected chi connectivity index (χ1v) is 7.70. The standard InChI is InChI=1S/C13H16BrClN2OS/c1-8-6-17(7-9(2)18-8)13(19)16-12-4-3-10(14)5-11(12)15/h3-5,8-9H,6-7H2,1-2H3,(H,16,19)/t8-,9-/m1/s1. The molecule has 1 aliphatic rings. The van der Waals surface area contributed by atoms with Gasteiger partial charge in [0.05, 0.1) is 22.9 Å². The Morgan fingerprint density at radius 1 is 1.42 bits per heavy atom. The lowest BCUT2D eigenvalue weighted by molar-refractivity contribution is -0.0473. The summed E-state index contributed by atoms with van der Waals surface area (Å²) in [5.74, 6) is 0. The number of ether oxygens (including phenoxy) is 1.